The fraction of sp³-hybridized carbons (Fsp3) is 0.227. The van der Waals surface area contributed by atoms with Crippen LogP contribution in [0, 0.1) is 0 Å². The number of cyclic esters (lactones) is 1. The van der Waals surface area contributed by atoms with E-state index in [2.05, 4.69) is 0 Å². The van der Waals surface area contributed by atoms with Crippen molar-refractivity contribution < 1.29 is 33.2 Å². The van der Waals surface area contributed by atoms with Crippen LogP contribution in [0.15, 0.2) is 30.3 Å². The largest absolute Gasteiger partial charge is 0.493 e. The van der Waals surface area contributed by atoms with Crippen molar-refractivity contribution in [1.82, 2.24) is 0 Å². The zero-order valence-electron chi connectivity index (χ0n) is 16.2. The molecular formula is C22H18O7. The maximum atomic E-state index is 12.3. The van der Waals surface area contributed by atoms with Gasteiger partial charge in [-0.25, -0.2) is 4.79 Å². The Morgan fingerprint density at radius 3 is 2.34 bits per heavy atom. The molecule has 7 nitrogen and oxygen atoms in total. The van der Waals surface area contributed by atoms with Crippen LogP contribution in [0.4, 0.5) is 0 Å². The van der Waals surface area contributed by atoms with Crippen LogP contribution in [0.5, 0.6) is 28.7 Å². The fourth-order valence-corrected chi connectivity index (χ4v) is 3.99. The molecule has 0 spiro atoms. The smallest absolute Gasteiger partial charge is 0.338 e. The lowest BCUT2D eigenvalue weighted by Gasteiger charge is -2.17. The summed E-state index contributed by atoms with van der Waals surface area (Å²) in [6.07, 6.45) is 0. The molecule has 7 heteroatoms. The minimum atomic E-state index is -0.340. The van der Waals surface area contributed by atoms with Crippen LogP contribution < -0.4 is 23.7 Å². The Morgan fingerprint density at radius 2 is 1.66 bits per heavy atom. The van der Waals surface area contributed by atoms with Crippen molar-refractivity contribution >= 4 is 16.7 Å². The summed E-state index contributed by atoms with van der Waals surface area (Å²) in [5, 5.41) is 1.71. The predicted molar refractivity (Wildman–Crippen MR) is 104 cm³/mol. The lowest BCUT2D eigenvalue weighted by molar-refractivity contribution is 0.0535. The van der Waals surface area contributed by atoms with Gasteiger partial charge in [-0.2, -0.15) is 0 Å². The summed E-state index contributed by atoms with van der Waals surface area (Å²) in [4.78, 5) is 12.3. The Hall–Kier alpha value is -3.61. The monoisotopic (exact) mass is 394 g/mol. The van der Waals surface area contributed by atoms with Crippen molar-refractivity contribution in [2.45, 2.75) is 6.61 Å². The second-order valence-corrected chi connectivity index (χ2v) is 6.67. The Bertz CT molecular complexity index is 1140. The molecule has 0 saturated carbocycles. The number of rotatable bonds is 4. The molecule has 2 aliphatic rings. The Kier molecular flexibility index (Phi) is 3.91. The number of hydrogen-bond acceptors (Lipinski definition) is 7. The first-order valence-corrected chi connectivity index (χ1v) is 9.02. The van der Waals surface area contributed by atoms with Crippen LogP contribution in [-0.2, 0) is 11.3 Å². The summed E-state index contributed by atoms with van der Waals surface area (Å²) < 4.78 is 33.2. The summed E-state index contributed by atoms with van der Waals surface area (Å²) in [6.45, 7) is 0.330. The van der Waals surface area contributed by atoms with E-state index in [-0.39, 0.29) is 19.4 Å². The van der Waals surface area contributed by atoms with E-state index in [9.17, 15) is 4.79 Å². The van der Waals surface area contributed by atoms with Gasteiger partial charge in [-0.1, -0.05) is 6.07 Å². The maximum Gasteiger partial charge on any atom is 0.338 e. The quantitative estimate of drug-likeness (QED) is 0.621. The molecule has 0 saturated heterocycles. The second-order valence-electron chi connectivity index (χ2n) is 6.67. The number of carbonyl (C=O) groups excluding carboxylic acids is 1. The van der Waals surface area contributed by atoms with Gasteiger partial charge in [-0.15, -0.1) is 0 Å². The normalized spacial score (nSPS) is 14.0. The third-order valence-electron chi connectivity index (χ3n) is 5.27. The highest BCUT2D eigenvalue weighted by atomic mass is 16.7. The van der Waals surface area contributed by atoms with Crippen LogP contribution in [0.25, 0.3) is 21.9 Å². The molecule has 0 radical (unpaired) electrons. The minimum absolute atomic E-state index is 0.148. The summed E-state index contributed by atoms with van der Waals surface area (Å²) >= 11 is 0. The van der Waals surface area contributed by atoms with Crippen molar-refractivity contribution in [2.75, 3.05) is 28.1 Å². The molecule has 0 N–H and O–H groups in total. The average molecular weight is 394 g/mol. The van der Waals surface area contributed by atoms with E-state index in [1.165, 1.54) is 0 Å². The molecule has 3 aromatic rings. The van der Waals surface area contributed by atoms with E-state index in [0.29, 0.717) is 34.3 Å². The number of hydrogen-bond donors (Lipinski definition) is 0. The summed E-state index contributed by atoms with van der Waals surface area (Å²) in [6, 6.07) is 9.30. The lowest BCUT2D eigenvalue weighted by Crippen LogP contribution is -1.99. The van der Waals surface area contributed by atoms with Gasteiger partial charge >= 0.3 is 5.97 Å². The predicted octanol–water partition coefficient (Wildman–Crippen LogP) is 3.93. The van der Waals surface area contributed by atoms with Crippen LogP contribution in [0.3, 0.4) is 0 Å². The molecule has 148 valence electrons. The first kappa shape index (κ1) is 17.5. The zero-order chi connectivity index (χ0) is 20.1. The van der Waals surface area contributed by atoms with Crippen LogP contribution >= 0.6 is 0 Å². The van der Waals surface area contributed by atoms with Gasteiger partial charge in [0.25, 0.3) is 0 Å². The first-order valence-electron chi connectivity index (χ1n) is 9.02. The van der Waals surface area contributed by atoms with Crippen molar-refractivity contribution in [3.05, 3.63) is 41.5 Å². The topological polar surface area (TPSA) is 72.5 Å². The number of carbonyl (C=O) groups is 1. The van der Waals surface area contributed by atoms with E-state index in [4.69, 9.17) is 28.4 Å². The van der Waals surface area contributed by atoms with Crippen molar-refractivity contribution in [1.29, 1.82) is 0 Å². The molecule has 0 unspecified atom stereocenters. The first-order chi connectivity index (χ1) is 14.2. The molecule has 3 aromatic carbocycles. The molecule has 0 bridgehead atoms. The highest BCUT2D eigenvalue weighted by Crippen LogP contribution is 2.50. The molecule has 0 amide bonds. The molecule has 2 aliphatic heterocycles. The van der Waals surface area contributed by atoms with Gasteiger partial charge < -0.3 is 28.4 Å². The van der Waals surface area contributed by atoms with Crippen molar-refractivity contribution in [2.24, 2.45) is 0 Å². The minimum Gasteiger partial charge on any atom is -0.493 e. The van der Waals surface area contributed by atoms with Crippen LogP contribution in [0.2, 0.25) is 0 Å². The number of methoxy groups -OCH3 is 3. The number of esters is 1. The molecular weight excluding hydrogens is 376 g/mol. The van der Waals surface area contributed by atoms with E-state index < -0.39 is 0 Å². The molecule has 5 rings (SSSR count). The van der Waals surface area contributed by atoms with Gasteiger partial charge in [0.05, 0.1) is 26.9 Å². The van der Waals surface area contributed by atoms with Gasteiger partial charge in [-0.3, -0.25) is 0 Å². The SMILES string of the molecule is COc1cc(-c2c3c(cc4ccc5c(c24)OCO5)C(=O)OC3)cc(OC)c1OC. The van der Waals surface area contributed by atoms with Gasteiger partial charge in [0.15, 0.2) is 23.0 Å². The highest BCUT2D eigenvalue weighted by molar-refractivity contribution is 6.10. The zero-order valence-corrected chi connectivity index (χ0v) is 16.2. The van der Waals surface area contributed by atoms with E-state index in [0.717, 1.165) is 27.5 Å². The molecule has 0 atom stereocenters. The number of ether oxygens (including phenoxy) is 6. The van der Waals surface area contributed by atoms with E-state index >= 15 is 0 Å². The van der Waals surface area contributed by atoms with Gasteiger partial charge in [0.2, 0.25) is 12.5 Å². The number of benzene rings is 3. The van der Waals surface area contributed by atoms with Crippen molar-refractivity contribution in [3.63, 3.8) is 0 Å². The highest BCUT2D eigenvalue weighted by Gasteiger charge is 2.31. The van der Waals surface area contributed by atoms with E-state index in [1.54, 1.807) is 21.3 Å². The molecule has 0 fully saturated rings. The molecule has 2 heterocycles. The summed E-state index contributed by atoms with van der Waals surface area (Å²) in [5.41, 5.74) is 2.95. The lowest BCUT2D eigenvalue weighted by atomic mass is 9.89. The standard InChI is InChI=1S/C22H18O7/c1-24-16-7-12(8-17(25-2)20(16)26-3)18-14-9-27-22(23)13(14)6-11-4-5-15-21(19(11)18)29-10-28-15/h4-8H,9-10H2,1-3H3. The number of fused-ring (bicyclic) bond motifs is 4. The average Bonchev–Trinajstić information content (AvgIpc) is 3.37. The van der Waals surface area contributed by atoms with Crippen LogP contribution in [0.1, 0.15) is 15.9 Å². The fourth-order valence-electron chi connectivity index (χ4n) is 3.99. The molecule has 29 heavy (non-hydrogen) atoms. The molecule has 0 aromatic heterocycles. The maximum absolute atomic E-state index is 12.3. The van der Waals surface area contributed by atoms with Crippen LogP contribution in [-0.4, -0.2) is 34.1 Å². The summed E-state index contributed by atoms with van der Waals surface area (Å²) in [5.74, 6) is 2.50. The Balaban J connectivity index is 1.90. The van der Waals surface area contributed by atoms with Gasteiger partial charge in [0, 0.05) is 16.5 Å². The third-order valence-corrected chi connectivity index (χ3v) is 5.27. The Morgan fingerprint density at radius 1 is 0.897 bits per heavy atom. The second kappa shape index (κ2) is 6.48. The Labute approximate surface area is 166 Å². The van der Waals surface area contributed by atoms with Gasteiger partial charge in [-0.05, 0) is 35.2 Å². The van der Waals surface area contributed by atoms with Gasteiger partial charge in [0.1, 0.15) is 6.61 Å². The third kappa shape index (κ3) is 2.47. The molecule has 0 aliphatic carbocycles. The van der Waals surface area contributed by atoms with E-state index in [1.807, 2.05) is 30.3 Å². The summed E-state index contributed by atoms with van der Waals surface area (Å²) in [7, 11) is 4.69. The van der Waals surface area contributed by atoms with Crippen molar-refractivity contribution in [3.8, 4) is 39.9 Å².